The van der Waals surface area contributed by atoms with Crippen LogP contribution in [-0.4, -0.2) is 23.1 Å². The molecule has 1 aliphatic carbocycles. The molecule has 14 heavy (non-hydrogen) atoms. The summed E-state index contributed by atoms with van der Waals surface area (Å²) < 4.78 is 72.6. The molecule has 0 spiro atoms. The fourth-order valence-corrected chi connectivity index (χ4v) is 1.49. The molecule has 0 amide bonds. The van der Waals surface area contributed by atoms with Gasteiger partial charge in [0, 0.05) is 5.92 Å². The van der Waals surface area contributed by atoms with Crippen molar-refractivity contribution in [3.63, 3.8) is 0 Å². The van der Waals surface area contributed by atoms with Crippen LogP contribution in [0.1, 0.15) is 13.3 Å². The standard InChI is InChI=1S/C7H8F6O/c1-3-2-4(3)5(14,6(8,9)10)7(11,12)13/h3-4,14H,2H2,1H3. The second-order valence-electron chi connectivity index (χ2n) is 3.58. The number of alkyl halides is 6. The van der Waals surface area contributed by atoms with E-state index in [0.717, 1.165) is 0 Å². The average molecular weight is 222 g/mol. The highest BCUT2D eigenvalue weighted by Crippen LogP contribution is 2.58. The van der Waals surface area contributed by atoms with Crippen LogP contribution in [0.5, 0.6) is 0 Å². The van der Waals surface area contributed by atoms with E-state index in [1.165, 1.54) is 6.92 Å². The van der Waals surface area contributed by atoms with Crippen LogP contribution in [-0.2, 0) is 0 Å². The lowest BCUT2D eigenvalue weighted by Gasteiger charge is -2.32. The van der Waals surface area contributed by atoms with Gasteiger partial charge in [0.2, 0.25) is 0 Å². The molecule has 1 rings (SSSR count). The molecule has 1 saturated carbocycles. The van der Waals surface area contributed by atoms with E-state index in [9.17, 15) is 26.3 Å². The van der Waals surface area contributed by atoms with Gasteiger partial charge in [0.05, 0.1) is 0 Å². The highest BCUT2D eigenvalue weighted by Gasteiger charge is 2.77. The monoisotopic (exact) mass is 222 g/mol. The lowest BCUT2D eigenvalue weighted by atomic mass is 9.95. The molecule has 7 heteroatoms. The fourth-order valence-electron chi connectivity index (χ4n) is 1.49. The summed E-state index contributed by atoms with van der Waals surface area (Å²) in [6.07, 6.45) is -11.6. The lowest BCUT2D eigenvalue weighted by Crippen LogP contribution is -2.58. The van der Waals surface area contributed by atoms with Crippen LogP contribution >= 0.6 is 0 Å². The van der Waals surface area contributed by atoms with Crippen molar-refractivity contribution in [1.82, 2.24) is 0 Å². The van der Waals surface area contributed by atoms with E-state index >= 15 is 0 Å². The molecule has 84 valence electrons. The summed E-state index contributed by atoms with van der Waals surface area (Å²) in [6.45, 7) is 1.24. The van der Waals surface area contributed by atoms with Crippen molar-refractivity contribution in [2.75, 3.05) is 0 Å². The minimum atomic E-state index is -5.67. The number of hydrogen-bond acceptors (Lipinski definition) is 1. The number of hydrogen-bond donors (Lipinski definition) is 1. The summed E-state index contributed by atoms with van der Waals surface area (Å²) in [7, 11) is 0. The van der Waals surface area contributed by atoms with E-state index in [1.807, 2.05) is 0 Å². The Morgan fingerprint density at radius 1 is 1.00 bits per heavy atom. The third-order valence-corrected chi connectivity index (χ3v) is 2.51. The summed E-state index contributed by atoms with van der Waals surface area (Å²) in [6, 6.07) is 0. The first kappa shape index (κ1) is 11.6. The van der Waals surface area contributed by atoms with Crippen molar-refractivity contribution < 1.29 is 31.4 Å². The predicted molar refractivity (Wildman–Crippen MR) is 34.3 cm³/mol. The summed E-state index contributed by atoms with van der Waals surface area (Å²) >= 11 is 0. The van der Waals surface area contributed by atoms with Gasteiger partial charge in [-0.15, -0.1) is 0 Å². The topological polar surface area (TPSA) is 20.2 Å². The van der Waals surface area contributed by atoms with Crippen LogP contribution in [0, 0.1) is 11.8 Å². The maximum absolute atomic E-state index is 12.1. The van der Waals surface area contributed by atoms with Gasteiger partial charge < -0.3 is 5.11 Å². The van der Waals surface area contributed by atoms with Crippen molar-refractivity contribution in [1.29, 1.82) is 0 Å². The fraction of sp³-hybridized carbons (Fsp3) is 1.00. The van der Waals surface area contributed by atoms with Gasteiger partial charge in [-0.1, -0.05) is 6.92 Å². The molecule has 1 nitrogen and oxygen atoms in total. The molecule has 0 aliphatic heterocycles. The maximum atomic E-state index is 12.1. The molecule has 1 fully saturated rings. The van der Waals surface area contributed by atoms with Crippen LogP contribution in [0.15, 0.2) is 0 Å². The molecule has 0 radical (unpaired) electrons. The van der Waals surface area contributed by atoms with Crippen molar-refractivity contribution in [3.8, 4) is 0 Å². The van der Waals surface area contributed by atoms with Gasteiger partial charge >= 0.3 is 12.4 Å². The first-order valence-corrected chi connectivity index (χ1v) is 3.87. The first-order chi connectivity index (χ1) is 6.02. The van der Waals surface area contributed by atoms with Gasteiger partial charge in [-0.3, -0.25) is 0 Å². The second-order valence-corrected chi connectivity index (χ2v) is 3.58. The molecule has 0 bridgehead atoms. The van der Waals surface area contributed by atoms with Crippen LogP contribution in [0.25, 0.3) is 0 Å². The van der Waals surface area contributed by atoms with Crippen molar-refractivity contribution in [3.05, 3.63) is 0 Å². The molecular formula is C7H8F6O. The predicted octanol–water partition coefficient (Wildman–Crippen LogP) is 2.50. The van der Waals surface area contributed by atoms with E-state index in [1.54, 1.807) is 0 Å². The van der Waals surface area contributed by atoms with E-state index in [-0.39, 0.29) is 6.42 Å². The third kappa shape index (κ3) is 1.47. The number of halogens is 6. The SMILES string of the molecule is CC1CC1C(O)(C(F)(F)F)C(F)(F)F. The van der Waals surface area contributed by atoms with Gasteiger partial charge in [0.15, 0.2) is 0 Å². The van der Waals surface area contributed by atoms with E-state index in [2.05, 4.69) is 0 Å². The molecule has 0 saturated heterocycles. The van der Waals surface area contributed by atoms with Crippen LogP contribution < -0.4 is 0 Å². The van der Waals surface area contributed by atoms with Crippen LogP contribution in [0.2, 0.25) is 0 Å². The number of aliphatic hydroxyl groups is 1. The largest absolute Gasteiger partial charge is 0.426 e. The minimum Gasteiger partial charge on any atom is -0.373 e. The van der Waals surface area contributed by atoms with Crippen LogP contribution in [0.3, 0.4) is 0 Å². The van der Waals surface area contributed by atoms with Crippen molar-refractivity contribution >= 4 is 0 Å². The highest BCUT2D eigenvalue weighted by atomic mass is 19.4. The van der Waals surface area contributed by atoms with Gasteiger partial charge in [-0.05, 0) is 12.3 Å². The van der Waals surface area contributed by atoms with Gasteiger partial charge in [-0.25, -0.2) is 0 Å². The van der Waals surface area contributed by atoms with Crippen LogP contribution in [0.4, 0.5) is 26.3 Å². The Bertz CT molecular complexity index is 215. The Hall–Kier alpha value is -0.460. The smallest absolute Gasteiger partial charge is 0.373 e. The summed E-state index contributed by atoms with van der Waals surface area (Å²) in [5.74, 6) is -2.51. The quantitative estimate of drug-likeness (QED) is 0.676. The molecule has 0 aromatic heterocycles. The van der Waals surface area contributed by atoms with Gasteiger partial charge in [0.1, 0.15) is 0 Å². The molecule has 2 unspecified atom stereocenters. The normalized spacial score (nSPS) is 29.1. The summed E-state index contributed by atoms with van der Waals surface area (Å²) in [5, 5.41) is 8.74. The Labute approximate surface area is 75.7 Å². The molecule has 0 heterocycles. The molecular weight excluding hydrogens is 214 g/mol. The Kier molecular flexibility index (Phi) is 2.30. The van der Waals surface area contributed by atoms with E-state index < -0.39 is 29.8 Å². The zero-order valence-corrected chi connectivity index (χ0v) is 7.08. The van der Waals surface area contributed by atoms with Gasteiger partial charge in [0.25, 0.3) is 5.60 Å². The number of rotatable bonds is 1. The van der Waals surface area contributed by atoms with Crippen molar-refractivity contribution in [2.24, 2.45) is 11.8 Å². The molecule has 1 aliphatic rings. The Balaban J connectivity index is 3.04. The van der Waals surface area contributed by atoms with E-state index in [0.29, 0.717) is 0 Å². The second kappa shape index (κ2) is 2.77. The minimum absolute atomic E-state index is 0.254. The molecule has 0 aromatic rings. The lowest BCUT2D eigenvalue weighted by molar-refractivity contribution is -0.376. The highest BCUT2D eigenvalue weighted by molar-refractivity contribution is 5.07. The van der Waals surface area contributed by atoms with E-state index in [4.69, 9.17) is 5.11 Å². The molecule has 1 N–H and O–H groups in total. The zero-order chi connectivity index (χ0) is 11.4. The van der Waals surface area contributed by atoms with Crippen molar-refractivity contribution in [2.45, 2.75) is 31.3 Å². The average Bonchev–Trinajstić information content (AvgIpc) is 2.60. The molecule has 2 atom stereocenters. The Morgan fingerprint density at radius 2 is 1.29 bits per heavy atom. The summed E-state index contributed by atoms with van der Waals surface area (Å²) in [4.78, 5) is 0. The Morgan fingerprint density at radius 3 is 1.36 bits per heavy atom. The molecule has 0 aromatic carbocycles. The van der Waals surface area contributed by atoms with Gasteiger partial charge in [-0.2, -0.15) is 26.3 Å². The summed E-state index contributed by atoms with van der Waals surface area (Å²) in [5.41, 5.74) is -4.54. The maximum Gasteiger partial charge on any atom is 0.426 e. The first-order valence-electron chi connectivity index (χ1n) is 3.87. The third-order valence-electron chi connectivity index (χ3n) is 2.51. The zero-order valence-electron chi connectivity index (χ0n) is 7.08.